The van der Waals surface area contributed by atoms with Gasteiger partial charge in [0, 0.05) is 25.0 Å². The summed E-state index contributed by atoms with van der Waals surface area (Å²) in [6.45, 7) is 2.12. The average molecular weight is 259 g/mol. The van der Waals surface area contributed by atoms with Crippen LogP contribution in [0.1, 0.15) is 12.0 Å². The van der Waals surface area contributed by atoms with Gasteiger partial charge in [0.2, 0.25) is 0 Å². The summed E-state index contributed by atoms with van der Waals surface area (Å²) >= 11 is 0. The minimum atomic E-state index is -0.302. The second-order valence-corrected chi connectivity index (χ2v) is 4.41. The number of nitrogens with zero attached hydrogens (tertiary/aromatic N) is 2. The van der Waals surface area contributed by atoms with Gasteiger partial charge in [-0.05, 0) is 36.7 Å². The van der Waals surface area contributed by atoms with E-state index < -0.39 is 0 Å². The number of pyridine rings is 1. The summed E-state index contributed by atoms with van der Waals surface area (Å²) in [6, 6.07) is 11.6. The fraction of sp³-hybridized carbons (Fsp3) is 0.267. The van der Waals surface area contributed by atoms with Gasteiger partial charge in [-0.3, -0.25) is 4.98 Å². The van der Waals surface area contributed by atoms with Gasteiger partial charge in [-0.25, -0.2) is 4.39 Å². The van der Waals surface area contributed by atoms with E-state index in [9.17, 15) is 4.39 Å². The van der Waals surface area contributed by atoms with Crippen molar-refractivity contribution in [2.45, 2.75) is 13.0 Å². The normalized spacial score (nSPS) is 10.4. The molecule has 0 aliphatic rings. The number of anilines is 1. The van der Waals surface area contributed by atoms with Gasteiger partial charge in [0.05, 0.1) is 6.20 Å². The Morgan fingerprint density at radius 2 is 1.95 bits per heavy atom. The summed E-state index contributed by atoms with van der Waals surface area (Å²) in [5.41, 5.74) is 7.55. The van der Waals surface area contributed by atoms with Gasteiger partial charge in [-0.2, -0.15) is 0 Å². The van der Waals surface area contributed by atoms with Crippen LogP contribution in [0, 0.1) is 5.82 Å². The molecule has 0 saturated heterocycles. The molecule has 0 spiro atoms. The van der Waals surface area contributed by atoms with Crippen molar-refractivity contribution in [3.05, 3.63) is 60.2 Å². The molecule has 19 heavy (non-hydrogen) atoms. The lowest BCUT2D eigenvalue weighted by Crippen LogP contribution is -2.25. The Balaban J connectivity index is 2.14. The summed E-state index contributed by atoms with van der Waals surface area (Å²) in [5.74, 6) is -0.302. The summed E-state index contributed by atoms with van der Waals surface area (Å²) in [5, 5.41) is 0. The van der Waals surface area contributed by atoms with Gasteiger partial charge in [0.25, 0.3) is 0 Å². The summed E-state index contributed by atoms with van der Waals surface area (Å²) in [7, 11) is 0. The highest BCUT2D eigenvalue weighted by Crippen LogP contribution is 2.17. The van der Waals surface area contributed by atoms with Crippen molar-refractivity contribution in [1.29, 1.82) is 0 Å². The molecule has 2 rings (SSSR count). The highest BCUT2D eigenvalue weighted by atomic mass is 19.1. The molecule has 0 bridgehead atoms. The first-order valence-corrected chi connectivity index (χ1v) is 6.39. The molecule has 0 aliphatic carbocycles. The first-order chi connectivity index (χ1) is 9.29. The van der Waals surface area contributed by atoms with Crippen LogP contribution in [0.4, 0.5) is 10.1 Å². The van der Waals surface area contributed by atoms with Gasteiger partial charge < -0.3 is 10.6 Å². The fourth-order valence-corrected chi connectivity index (χ4v) is 1.98. The van der Waals surface area contributed by atoms with E-state index in [-0.39, 0.29) is 5.82 Å². The minimum Gasteiger partial charge on any atom is -0.367 e. The van der Waals surface area contributed by atoms with Crippen LogP contribution < -0.4 is 10.6 Å². The average Bonchev–Trinajstić information content (AvgIpc) is 2.44. The Kier molecular flexibility index (Phi) is 4.86. The number of para-hydroxylation sites is 1. The lowest BCUT2D eigenvalue weighted by atomic mass is 10.2. The molecule has 1 aromatic carbocycles. The topological polar surface area (TPSA) is 42.1 Å². The van der Waals surface area contributed by atoms with Crippen LogP contribution in [0.25, 0.3) is 0 Å². The molecule has 3 nitrogen and oxygen atoms in total. The highest BCUT2D eigenvalue weighted by Gasteiger charge is 2.07. The smallest absolute Gasteiger partial charge is 0.141 e. The molecule has 0 fully saturated rings. The molecule has 2 N–H and O–H groups in total. The van der Waals surface area contributed by atoms with Crippen molar-refractivity contribution in [1.82, 2.24) is 4.98 Å². The third-order valence-electron chi connectivity index (χ3n) is 2.89. The van der Waals surface area contributed by atoms with Gasteiger partial charge in [0.1, 0.15) is 5.82 Å². The molecule has 0 saturated carbocycles. The van der Waals surface area contributed by atoms with Crippen molar-refractivity contribution in [3.8, 4) is 0 Å². The monoisotopic (exact) mass is 259 g/mol. The van der Waals surface area contributed by atoms with E-state index in [1.807, 2.05) is 30.3 Å². The molecule has 0 unspecified atom stereocenters. The summed E-state index contributed by atoms with van der Waals surface area (Å²) in [6.07, 6.45) is 3.81. The predicted molar refractivity (Wildman–Crippen MR) is 75.4 cm³/mol. The van der Waals surface area contributed by atoms with Crippen molar-refractivity contribution in [2.24, 2.45) is 5.73 Å². The second-order valence-electron chi connectivity index (χ2n) is 4.41. The van der Waals surface area contributed by atoms with E-state index in [0.29, 0.717) is 13.1 Å². The predicted octanol–water partition coefficient (Wildman–Crippen LogP) is 2.58. The van der Waals surface area contributed by atoms with Gasteiger partial charge >= 0.3 is 0 Å². The third-order valence-corrected chi connectivity index (χ3v) is 2.89. The number of hydrogen-bond donors (Lipinski definition) is 1. The lowest BCUT2D eigenvalue weighted by Gasteiger charge is -2.24. The van der Waals surface area contributed by atoms with E-state index in [2.05, 4.69) is 9.88 Å². The number of aromatic nitrogens is 1. The van der Waals surface area contributed by atoms with Crippen LogP contribution in [0.2, 0.25) is 0 Å². The number of benzene rings is 1. The molecule has 100 valence electrons. The first-order valence-electron chi connectivity index (χ1n) is 6.39. The molecule has 0 radical (unpaired) electrons. The van der Waals surface area contributed by atoms with E-state index in [1.165, 1.54) is 12.3 Å². The molecule has 0 amide bonds. The van der Waals surface area contributed by atoms with E-state index in [4.69, 9.17) is 5.73 Å². The van der Waals surface area contributed by atoms with Gasteiger partial charge in [0.15, 0.2) is 0 Å². The molecule has 1 heterocycles. The van der Waals surface area contributed by atoms with Crippen LogP contribution >= 0.6 is 0 Å². The number of halogens is 1. The highest BCUT2D eigenvalue weighted by molar-refractivity contribution is 5.46. The molecule has 1 aromatic heterocycles. The van der Waals surface area contributed by atoms with Crippen LogP contribution in [-0.4, -0.2) is 18.1 Å². The molecule has 2 aromatic rings. The number of nitrogens with two attached hydrogens (primary N) is 1. The Hall–Kier alpha value is -1.94. The minimum absolute atomic E-state index is 0.302. The van der Waals surface area contributed by atoms with E-state index >= 15 is 0 Å². The van der Waals surface area contributed by atoms with Crippen LogP contribution in [-0.2, 0) is 6.54 Å². The van der Waals surface area contributed by atoms with E-state index in [1.54, 1.807) is 6.20 Å². The SMILES string of the molecule is NCCCN(Cc1cncc(F)c1)c1ccccc1. The zero-order chi connectivity index (χ0) is 13.5. The first kappa shape index (κ1) is 13.5. The third kappa shape index (κ3) is 4.03. The van der Waals surface area contributed by atoms with E-state index in [0.717, 1.165) is 24.2 Å². The largest absolute Gasteiger partial charge is 0.367 e. The maximum Gasteiger partial charge on any atom is 0.141 e. The maximum absolute atomic E-state index is 13.2. The van der Waals surface area contributed by atoms with Crippen LogP contribution in [0.3, 0.4) is 0 Å². The van der Waals surface area contributed by atoms with Crippen LogP contribution in [0.15, 0.2) is 48.8 Å². The van der Waals surface area contributed by atoms with Crippen molar-refractivity contribution >= 4 is 5.69 Å². The second kappa shape index (κ2) is 6.85. The molecule has 0 atom stereocenters. The Bertz CT molecular complexity index is 502. The molecule has 0 aliphatic heterocycles. The quantitative estimate of drug-likeness (QED) is 0.867. The standard InChI is InChI=1S/C15H18FN3/c16-14-9-13(10-18-11-14)12-19(8-4-7-17)15-5-2-1-3-6-15/h1-3,5-6,9-11H,4,7-8,12,17H2. The zero-order valence-corrected chi connectivity index (χ0v) is 10.8. The fourth-order valence-electron chi connectivity index (χ4n) is 1.98. The zero-order valence-electron chi connectivity index (χ0n) is 10.8. The maximum atomic E-state index is 13.2. The van der Waals surface area contributed by atoms with Crippen LogP contribution in [0.5, 0.6) is 0 Å². The number of hydrogen-bond acceptors (Lipinski definition) is 3. The number of rotatable bonds is 6. The van der Waals surface area contributed by atoms with Crippen molar-refractivity contribution < 1.29 is 4.39 Å². The van der Waals surface area contributed by atoms with Gasteiger partial charge in [-0.1, -0.05) is 18.2 Å². The molecule has 4 heteroatoms. The van der Waals surface area contributed by atoms with Gasteiger partial charge in [-0.15, -0.1) is 0 Å². The summed E-state index contributed by atoms with van der Waals surface area (Å²) in [4.78, 5) is 6.07. The Labute approximate surface area is 112 Å². The van der Waals surface area contributed by atoms with Crippen molar-refractivity contribution in [2.75, 3.05) is 18.0 Å². The molecular weight excluding hydrogens is 241 g/mol. The Morgan fingerprint density at radius 3 is 2.63 bits per heavy atom. The summed E-state index contributed by atoms with van der Waals surface area (Å²) < 4.78 is 13.2. The van der Waals surface area contributed by atoms with Crippen molar-refractivity contribution in [3.63, 3.8) is 0 Å². The molecular formula is C15H18FN3. The Morgan fingerprint density at radius 1 is 1.16 bits per heavy atom. The lowest BCUT2D eigenvalue weighted by molar-refractivity contribution is 0.616.